The Morgan fingerprint density at radius 3 is 2.60 bits per heavy atom. The molecule has 4 atom stereocenters. The first kappa shape index (κ1) is 23.2. The summed E-state index contributed by atoms with van der Waals surface area (Å²) in [7, 11) is 0. The Balaban J connectivity index is 1.65. The predicted octanol–water partition coefficient (Wildman–Crippen LogP) is 2.95. The SMILES string of the molecule is CC1=CC(=O)C2=C(C1=O)[C@@H](c1cc(Cl)ccc1O)C1=CC[C@@H]3C(=O)N(CCC(=O)O)C(=O)[C@@H]3[C@@H]1C2. The minimum atomic E-state index is -1.11. The van der Waals surface area contributed by atoms with Crippen LogP contribution in [0, 0.1) is 17.8 Å². The van der Waals surface area contributed by atoms with E-state index in [1.165, 1.54) is 18.2 Å². The third-order valence-electron chi connectivity index (χ3n) is 7.51. The Kier molecular flexibility index (Phi) is 5.51. The van der Waals surface area contributed by atoms with Gasteiger partial charge >= 0.3 is 5.97 Å². The number of aliphatic carboxylic acids is 1. The quantitative estimate of drug-likeness (QED) is 0.373. The number of halogens is 1. The number of hydrogen-bond donors (Lipinski definition) is 2. The highest BCUT2D eigenvalue weighted by Crippen LogP contribution is 2.56. The molecule has 2 N–H and O–H groups in total. The lowest BCUT2D eigenvalue weighted by Crippen LogP contribution is -2.40. The predicted molar refractivity (Wildman–Crippen MR) is 123 cm³/mol. The van der Waals surface area contributed by atoms with Crippen molar-refractivity contribution in [1.82, 2.24) is 4.90 Å². The molecule has 1 fully saturated rings. The second-order valence-electron chi connectivity index (χ2n) is 9.40. The highest BCUT2D eigenvalue weighted by atomic mass is 35.5. The van der Waals surface area contributed by atoms with Crippen LogP contribution in [0.25, 0.3) is 0 Å². The monoisotopic (exact) mass is 495 g/mol. The molecule has 0 bridgehead atoms. The number of hydrogen-bond acceptors (Lipinski definition) is 6. The molecule has 0 saturated carbocycles. The number of carboxylic acids is 1. The number of carboxylic acid groups (broad SMARTS) is 1. The fourth-order valence-corrected chi connectivity index (χ4v) is 6.15. The first-order chi connectivity index (χ1) is 16.6. The summed E-state index contributed by atoms with van der Waals surface area (Å²) in [5, 5.41) is 20.1. The van der Waals surface area contributed by atoms with Crippen molar-refractivity contribution >= 4 is 41.0 Å². The van der Waals surface area contributed by atoms with E-state index in [2.05, 4.69) is 0 Å². The number of rotatable bonds is 4. The van der Waals surface area contributed by atoms with E-state index >= 15 is 0 Å². The number of carbonyl (C=O) groups excluding carboxylic acids is 4. The van der Waals surface area contributed by atoms with Crippen LogP contribution in [0.4, 0.5) is 0 Å². The Bertz CT molecular complexity index is 1320. The van der Waals surface area contributed by atoms with Gasteiger partial charge in [-0.2, -0.15) is 0 Å². The number of phenols is 1. The number of ketones is 2. The normalized spacial score (nSPS) is 27.9. The maximum Gasteiger partial charge on any atom is 0.305 e. The van der Waals surface area contributed by atoms with Crippen molar-refractivity contribution in [3.8, 4) is 5.75 Å². The number of imide groups is 1. The fraction of sp³-hybridized carbons (Fsp3) is 0.346. The van der Waals surface area contributed by atoms with Gasteiger partial charge in [0.15, 0.2) is 11.6 Å². The summed E-state index contributed by atoms with van der Waals surface area (Å²) < 4.78 is 0. The van der Waals surface area contributed by atoms with Crippen LogP contribution < -0.4 is 0 Å². The van der Waals surface area contributed by atoms with E-state index < -0.39 is 41.5 Å². The highest BCUT2D eigenvalue weighted by Gasteiger charge is 2.56. The maximum atomic E-state index is 13.4. The number of phenolic OH excluding ortho intramolecular Hbond substituents is 1. The van der Waals surface area contributed by atoms with Gasteiger partial charge < -0.3 is 10.2 Å². The minimum absolute atomic E-state index is 0.0979. The number of likely N-dealkylation sites (tertiary alicyclic amines) is 1. The van der Waals surface area contributed by atoms with Crippen LogP contribution >= 0.6 is 11.6 Å². The molecule has 180 valence electrons. The first-order valence-electron chi connectivity index (χ1n) is 11.4. The van der Waals surface area contributed by atoms with E-state index in [1.807, 2.05) is 6.08 Å². The number of carbonyl (C=O) groups is 5. The Labute approximate surface area is 205 Å². The van der Waals surface area contributed by atoms with Gasteiger partial charge in [0.2, 0.25) is 11.8 Å². The van der Waals surface area contributed by atoms with E-state index in [0.29, 0.717) is 21.7 Å². The van der Waals surface area contributed by atoms with Gasteiger partial charge in [-0.05, 0) is 50.0 Å². The van der Waals surface area contributed by atoms with E-state index in [9.17, 15) is 29.1 Å². The lowest BCUT2D eigenvalue weighted by molar-refractivity contribution is -0.142. The zero-order valence-electron chi connectivity index (χ0n) is 18.8. The third kappa shape index (κ3) is 3.55. The Morgan fingerprint density at radius 1 is 1.14 bits per heavy atom. The molecule has 0 radical (unpaired) electrons. The van der Waals surface area contributed by atoms with Crippen LogP contribution in [-0.4, -0.2) is 51.0 Å². The average molecular weight is 496 g/mol. The standard InChI is InChI=1S/C26H22ClNO7/c1-11-8-19(30)17-10-15-13(21(23(17)24(11)33)16-9-12(27)2-5-18(16)29)3-4-14-22(15)26(35)28(25(14)34)7-6-20(31)32/h2-3,5,8-9,14-15,21-22,29H,4,6-7,10H2,1H3,(H,31,32)/t14-,15+,21+,22-/m0/s1. The summed E-state index contributed by atoms with van der Waals surface area (Å²) in [6.45, 7) is 1.35. The number of Topliss-reactive ketones (excluding diaryl/α,β-unsaturated/α-hetero) is 1. The van der Waals surface area contributed by atoms with Crippen molar-refractivity contribution in [2.24, 2.45) is 17.8 Å². The molecule has 1 aromatic carbocycles. The molecule has 35 heavy (non-hydrogen) atoms. The summed E-state index contributed by atoms with van der Waals surface area (Å²) in [6, 6.07) is 4.48. The van der Waals surface area contributed by atoms with E-state index in [1.54, 1.807) is 13.0 Å². The molecule has 0 unspecified atom stereocenters. The number of amides is 2. The second kappa shape index (κ2) is 8.30. The van der Waals surface area contributed by atoms with Crippen LogP contribution in [0.15, 0.2) is 52.6 Å². The van der Waals surface area contributed by atoms with Crippen molar-refractivity contribution in [2.45, 2.75) is 32.1 Å². The summed E-state index contributed by atoms with van der Waals surface area (Å²) in [4.78, 5) is 64.8. The smallest absolute Gasteiger partial charge is 0.305 e. The zero-order chi connectivity index (χ0) is 25.2. The molecule has 1 heterocycles. The van der Waals surface area contributed by atoms with Crippen LogP contribution in [0.5, 0.6) is 5.75 Å². The topological polar surface area (TPSA) is 129 Å². The van der Waals surface area contributed by atoms with Gasteiger partial charge in [0.1, 0.15) is 5.75 Å². The lowest BCUT2D eigenvalue weighted by Gasteiger charge is -2.42. The number of benzene rings is 1. The lowest BCUT2D eigenvalue weighted by atomic mass is 9.59. The van der Waals surface area contributed by atoms with Crippen LogP contribution in [0.2, 0.25) is 5.02 Å². The van der Waals surface area contributed by atoms with E-state index in [0.717, 1.165) is 4.90 Å². The van der Waals surface area contributed by atoms with Gasteiger partial charge in [0.25, 0.3) is 0 Å². The summed E-state index contributed by atoms with van der Waals surface area (Å²) in [6.07, 6.45) is 3.11. The molecule has 1 saturated heterocycles. The van der Waals surface area contributed by atoms with Crippen molar-refractivity contribution in [3.63, 3.8) is 0 Å². The molecule has 4 aliphatic rings. The van der Waals surface area contributed by atoms with Gasteiger partial charge in [0.05, 0.1) is 18.3 Å². The fourth-order valence-electron chi connectivity index (χ4n) is 5.97. The number of aromatic hydroxyl groups is 1. The zero-order valence-corrected chi connectivity index (χ0v) is 19.5. The van der Waals surface area contributed by atoms with Crippen molar-refractivity contribution < 1.29 is 34.2 Å². The maximum absolute atomic E-state index is 13.4. The van der Waals surface area contributed by atoms with Gasteiger partial charge in [0, 0.05) is 39.8 Å². The van der Waals surface area contributed by atoms with Gasteiger partial charge in [-0.15, -0.1) is 0 Å². The van der Waals surface area contributed by atoms with Gasteiger partial charge in [-0.25, -0.2) is 0 Å². The van der Waals surface area contributed by atoms with Gasteiger partial charge in [-0.1, -0.05) is 23.3 Å². The molecular formula is C26H22ClNO7. The Morgan fingerprint density at radius 2 is 1.89 bits per heavy atom. The molecule has 1 aliphatic heterocycles. The Hall–Kier alpha value is -3.52. The van der Waals surface area contributed by atoms with E-state index in [4.69, 9.17) is 16.7 Å². The first-order valence-corrected chi connectivity index (χ1v) is 11.7. The summed E-state index contributed by atoms with van der Waals surface area (Å²) in [5.74, 6) is -5.50. The molecule has 3 aliphatic carbocycles. The van der Waals surface area contributed by atoms with Crippen molar-refractivity contribution in [3.05, 3.63) is 63.2 Å². The number of fused-ring (bicyclic) bond motifs is 3. The van der Waals surface area contributed by atoms with Crippen LogP contribution in [-0.2, 0) is 24.0 Å². The third-order valence-corrected chi connectivity index (χ3v) is 7.74. The van der Waals surface area contributed by atoms with Crippen LogP contribution in [0.3, 0.4) is 0 Å². The molecule has 0 spiro atoms. The largest absolute Gasteiger partial charge is 0.508 e. The summed E-state index contributed by atoms with van der Waals surface area (Å²) in [5.41, 5.74) is 1.89. The van der Waals surface area contributed by atoms with Gasteiger partial charge in [-0.3, -0.25) is 28.9 Å². The number of allylic oxidation sites excluding steroid dienone is 6. The second-order valence-corrected chi connectivity index (χ2v) is 9.84. The molecule has 0 aromatic heterocycles. The van der Waals surface area contributed by atoms with Crippen LogP contribution in [0.1, 0.15) is 37.7 Å². The summed E-state index contributed by atoms with van der Waals surface area (Å²) >= 11 is 6.23. The molecule has 8 nitrogen and oxygen atoms in total. The minimum Gasteiger partial charge on any atom is -0.508 e. The average Bonchev–Trinajstić information content (AvgIpc) is 3.06. The van der Waals surface area contributed by atoms with Crippen molar-refractivity contribution in [1.29, 1.82) is 0 Å². The highest BCUT2D eigenvalue weighted by molar-refractivity contribution is 6.30. The number of nitrogens with zero attached hydrogens (tertiary/aromatic N) is 1. The van der Waals surface area contributed by atoms with Crippen molar-refractivity contribution in [2.75, 3.05) is 6.54 Å². The molecular weight excluding hydrogens is 474 g/mol. The molecule has 9 heteroatoms. The molecule has 2 amide bonds. The molecule has 5 rings (SSSR count). The van der Waals surface area contributed by atoms with E-state index in [-0.39, 0.29) is 54.3 Å². The molecule has 1 aromatic rings.